The minimum Gasteiger partial charge on any atom is -0.445 e. The quantitative estimate of drug-likeness (QED) is 0.0141. The zero-order valence-electron chi connectivity index (χ0n) is 48.3. The number of hydrogen-bond donors (Lipinski definition) is 10. The molecule has 26 heteroatoms. The van der Waals surface area contributed by atoms with Crippen molar-refractivity contribution in [1.29, 1.82) is 0 Å². The Hall–Kier alpha value is -7.98. The van der Waals surface area contributed by atoms with E-state index in [1.165, 1.54) is 12.2 Å². The molecule has 1 fully saturated rings. The summed E-state index contributed by atoms with van der Waals surface area (Å²) in [4.78, 5) is 128. The summed E-state index contributed by atoms with van der Waals surface area (Å²) in [6, 6.07) is 12.6. The first-order chi connectivity index (χ1) is 40.8. The van der Waals surface area contributed by atoms with E-state index in [1.807, 2.05) is 17.0 Å². The summed E-state index contributed by atoms with van der Waals surface area (Å²) in [6.45, 7) is 8.88. The molecule has 0 aliphatic carbocycles. The maximum atomic E-state index is 13.6. The van der Waals surface area contributed by atoms with Crippen molar-refractivity contribution in [1.82, 2.24) is 41.4 Å². The van der Waals surface area contributed by atoms with E-state index in [2.05, 4.69) is 81.6 Å². The van der Waals surface area contributed by atoms with E-state index in [4.69, 9.17) is 16.2 Å². The van der Waals surface area contributed by atoms with Gasteiger partial charge >= 0.3 is 12.1 Å². The van der Waals surface area contributed by atoms with E-state index >= 15 is 0 Å². The Morgan fingerprint density at radius 3 is 2.22 bits per heavy atom. The number of pyridine rings is 1. The number of rotatable bonds is 31. The Labute approximate surface area is 508 Å². The topological polar surface area (TPSA) is 354 Å². The summed E-state index contributed by atoms with van der Waals surface area (Å²) >= 11 is 2.30. The van der Waals surface area contributed by atoms with Gasteiger partial charge < -0.3 is 63.4 Å². The monoisotopic (exact) mass is 1290 g/mol. The normalized spacial score (nSPS) is 15.2. The number of nitrogens with zero attached hydrogens (tertiary/aromatic N) is 5. The van der Waals surface area contributed by atoms with Crippen LogP contribution in [0.3, 0.4) is 0 Å². The number of imide groups is 1. The molecule has 1 aromatic heterocycles. The first-order valence-electron chi connectivity index (χ1n) is 28.7. The van der Waals surface area contributed by atoms with Gasteiger partial charge in [-0.05, 0) is 104 Å². The number of benzene rings is 2. The number of aliphatic imine (C=N–C) groups is 1. The number of alkyl carbamates (subject to hydrolysis) is 1. The van der Waals surface area contributed by atoms with Crippen LogP contribution in [0.15, 0.2) is 83.5 Å². The summed E-state index contributed by atoms with van der Waals surface area (Å²) in [5.74, 6) is -2.19. The fraction of sp³-hybridized carbons (Fsp3) is 0.475. The van der Waals surface area contributed by atoms with Crippen LogP contribution in [0.5, 0.6) is 0 Å². The number of aliphatic hydroxyl groups is 1. The predicted molar refractivity (Wildman–Crippen MR) is 330 cm³/mol. The van der Waals surface area contributed by atoms with Gasteiger partial charge in [0.05, 0.1) is 17.6 Å². The van der Waals surface area contributed by atoms with Crippen LogP contribution in [0.1, 0.15) is 106 Å². The molecule has 6 rings (SSSR count). The number of piperidine rings is 1. The highest BCUT2D eigenvalue weighted by Crippen LogP contribution is 2.30. The molecule has 458 valence electrons. The highest BCUT2D eigenvalue weighted by Gasteiger charge is 2.30. The van der Waals surface area contributed by atoms with Gasteiger partial charge in [0.15, 0.2) is 0 Å². The number of amides is 10. The van der Waals surface area contributed by atoms with E-state index in [0.29, 0.717) is 91.5 Å². The Kier molecular flexibility index (Phi) is 26.1. The average Bonchev–Trinajstić information content (AvgIpc) is 4.03. The minimum atomic E-state index is -1.06. The number of unbranched alkanes of at least 4 members (excludes halogenated alkanes) is 2. The van der Waals surface area contributed by atoms with Crippen LogP contribution in [0.2, 0.25) is 0 Å². The van der Waals surface area contributed by atoms with Crippen LogP contribution in [0.25, 0.3) is 6.08 Å². The lowest BCUT2D eigenvalue weighted by molar-refractivity contribution is -0.137. The molecular weight excluding hydrogens is 1210 g/mol. The van der Waals surface area contributed by atoms with E-state index in [9.17, 15) is 48.3 Å². The zero-order valence-corrected chi connectivity index (χ0v) is 50.5. The number of nitrogens with two attached hydrogens (primary N) is 2. The largest absolute Gasteiger partial charge is 0.445 e. The van der Waals surface area contributed by atoms with Crippen LogP contribution < -0.4 is 53.6 Å². The molecule has 4 heterocycles. The minimum absolute atomic E-state index is 0.0883. The third-order valence-corrected chi connectivity index (χ3v) is 14.9. The van der Waals surface area contributed by atoms with Crippen molar-refractivity contribution in [3.05, 3.63) is 95.2 Å². The van der Waals surface area contributed by atoms with Crippen molar-refractivity contribution >= 4 is 111 Å². The molecule has 0 saturated carbocycles. The molecule has 2 aromatic carbocycles. The summed E-state index contributed by atoms with van der Waals surface area (Å²) in [5.41, 5.74) is 15.4. The van der Waals surface area contributed by atoms with Gasteiger partial charge in [-0.2, -0.15) is 0 Å². The lowest BCUT2D eigenvalue weighted by Crippen LogP contribution is -2.54. The van der Waals surface area contributed by atoms with E-state index in [0.717, 1.165) is 40.0 Å². The van der Waals surface area contributed by atoms with Gasteiger partial charge in [-0.25, -0.2) is 19.6 Å². The fourth-order valence-corrected chi connectivity index (χ4v) is 10.4. The van der Waals surface area contributed by atoms with Crippen LogP contribution in [-0.4, -0.2) is 154 Å². The molecule has 25 nitrogen and oxygen atoms in total. The van der Waals surface area contributed by atoms with Crippen molar-refractivity contribution in [2.24, 2.45) is 28.3 Å². The number of carbonyl (C=O) groups is 9. The maximum absolute atomic E-state index is 13.6. The number of nitrogens with one attached hydrogen (secondary N) is 7. The van der Waals surface area contributed by atoms with Crippen molar-refractivity contribution in [3.8, 4) is 0 Å². The summed E-state index contributed by atoms with van der Waals surface area (Å²) in [6.07, 6.45) is 8.92. The molecule has 3 aliphatic heterocycles. The van der Waals surface area contributed by atoms with Crippen LogP contribution in [0, 0.1) is 11.8 Å². The second-order valence-electron chi connectivity index (χ2n) is 21.2. The summed E-state index contributed by atoms with van der Waals surface area (Å²) < 4.78 is 6.24. The molecule has 3 aliphatic rings. The van der Waals surface area contributed by atoms with Gasteiger partial charge in [0.25, 0.3) is 17.7 Å². The highest BCUT2D eigenvalue weighted by molar-refractivity contribution is 14.1. The van der Waals surface area contributed by atoms with Crippen molar-refractivity contribution < 1.29 is 53.0 Å². The van der Waals surface area contributed by atoms with Crippen molar-refractivity contribution in [2.45, 2.75) is 110 Å². The summed E-state index contributed by atoms with van der Waals surface area (Å²) in [7, 11) is 0. The second kappa shape index (κ2) is 33.5. The number of carbonyl (C=O) groups excluding carboxylic acids is 9. The summed E-state index contributed by atoms with van der Waals surface area (Å²) in [5, 5.41) is 30.4. The number of amidine groups is 1. The Morgan fingerprint density at radius 1 is 0.835 bits per heavy atom. The first-order valence-corrected chi connectivity index (χ1v) is 30.3. The van der Waals surface area contributed by atoms with Crippen LogP contribution >= 0.6 is 22.6 Å². The Balaban J connectivity index is 0.873. The number of primary amides is 1. The number of ether oxygens (including phenoxy) is 1. The molecule has 0 spiro atoms. The first kappa shape index (κ1) is 66.2. The number of aromatic nitrogens is 1. The second-order valence-corrected chi connectivity index (χ2v) is 22.3. The van der Waals surface area contributed by atoms with Gasteiger partial charge in [0.2, 0.25) is 23.6 Å². The Morgan fingerprint density at radius 2 is 1.55 bits per heavy atom. The van der Waals surface area contributed by atoms with Gasteiger partial charge in [-0.15, -0.1) is 0 Å². The maximum Gasteiger partial charge on any atom is 0.407 e. The fourth-order valence-electron chi connectivity index (χ4n) is 9.75. The lowest BCUT2D eigenvalue weighted by atomic mass is 9.96. The van der Waals surface area contributed by atoms with Gasteiger partial charge in [0.1, 0.15) is 36.6 Å². The zero-order chi connectivity index (χ0) is 61.4. The SMILES string of the molecule is CCCN(CCI)C(O)C1=Cc2ccc(C(=O)Nc3ccc(N4CCC(C(=O)NCCNC(=O)OCc5ccc(NC(=O)[C@H](CCCNC(N)=O)NC(=O)[C@@H](NC(=O)CCCCCN6C(=O)C=CC6=O)C(C)C)cc5)CC4)nc3)cc2N=C(N)C1. The van der Waals surface area contributed by atoms with E-state index < -0.39 is 42.3 Å². The number of alkyl halides is 1. The Bertz CT molecular complexity index is 2910. The van der Waals surface area contributed by atoms with Crippen LogP contribution in [0.4, 0.5) is 32.5 Å². The third kappa shape index (κ3) is 20.9. The molecule has 1 unspecified atom stereocenters. The van der Waals surface area contributed by atoms with Crippen molar-refractivity contribution in [2.75, 3.05) is 72.3 Å². The standard InChI is InChI=1S/C59H79IN14O11/c1-4-27-73(31-23-60)57(82)42-32-40-13-14-41(33-46(40)69-47(61)34-42)54(79)68-44-17-18-48(66-35-44)72-29-21-39(22-30-72)53(78)63-25-26-65-59(84)85-36-38-11-15-43(16-12-38)67-55(80)45(9-8-24-64-58(62)83)70-56(81)52(37(2)3)71-49(75)10-6-5-7-28-74-50(76)19-20-51(74)77/h11-20,32-33,35,37,39,45,52,57,82H,4-10,21-31,34,36H2,1-3H3,(H2,61,69)(H,63,78)(H,65,84)(H,67,80)(H,68,79)(H,70,81)(H,71,75)(H3,62,64,83)/t45-,52-,57?/m0/s1. The number of hydrogen-bond acceptors (Lipinski definition) is 16. The molecule has 12 N–H and O–H groups in total. The van der Waals surface area contributed by atoms with E-state index in [1.54, 1.807) is 68.6 Å². The number of aliphatic hydroxyl groups excluding tert-OH is 1. The van der Waals surface area contributed by atoms with Gasteiger partial charge in [0, 0.05) is 105 Å². The molecule has 10 amide bonds. The molecular formula is C59H79IN14O11. The molecule has 0 radical (unpaired) electrons. The average molecular weight is 1290 g/mol. The van der Waals surface area contributed by atoms with E-state index in [-0.39, 0.29) is 93.4 Å². The number of fused-ring (bicyclic) bond motifs is 1. The highest BCUT2D eigenvalue weighted by atomic mass is 127. The number of anilines is 3. The van der Waals surface area contributed by atoms with Crippen molar-refractivity contribution in [3.63, 3.8) is 0 Å². The predicted octanol–water partition coefficient (Wildman–Crippen LogP) is 4.33. The molecule has 0 bridgehead atoms. The molecule has 3 aromatic rings. The van der Waals surface area contributed by atoms with Crippen LogP contribution in [-0.2, 0) is 40.1 Å². The lowest BCUT2D eigenvalue weighted by Gasteiger charge is -2.32. The molecule has 3 atom stereocenters. The molecule has 85 heavy (non-hydrogen) atoms. The van der Waals surface area contributed by atoms with Gasteiger partial charge in [-0.1, -0.05) is 68.0 Å². The number of halogens is 1. The molecule has 1 saturated heterocycles. The van der Waals surface area contributed by atoms with Gasteiger partial charge in [-0.3, -0.25) is 43.4 Å². The number of urea groups is 1. The third-order valence-electron chi connectivity index (χ3n) is 14.4. The smallest absolute Gasteiger partial charge is 0.407 e.